The Labute approximate surface area is 110 Å². The minimum atomic E-state index is 0.0969. The van der Waals surface area contributed by atoms with Gasteiger partial charge in [-0.1, -0.05) is 41.0 Å². The van der Waals surface area contributed by atoms with E-state index in [2.05, 4.69) is 45.0 Å². The molecule has 0 aliphatic heterocycles. The van der Waals surface area contributed by atoms with Gasteiger partial charge in [-0.2, -0.15) is 0 Å². The van der Waals surface area contributed by atoms with E-state index in [0.717, 1.165) is 18.5 Å². The lowest BCUT2D eigenvalue weighted by molar-refractivity contribution is 0.377. The third kappa shape index (κ3) is 4.76. The standard InChI is InChI=1S/C14H26N2S/c1-6-10(2)13(15)11-9-17-12(16-11)7-8-14(3,4)5/h9-10,13H,6-8,15H2,1-5H3. The van der Waals surface area contributed by atoms with Crippen LogP contribution in [0.4, 0.5) is 0 Å². The van der Waals surface area contributed by atoms with Crippen LogP contribution < -0.4 is 5.73 Å². The maximum absolute atomic E-state index is 6.19. The molecule has 98 valence electrons. The van der Waals surface area contributed by atoms with Crippen molar-refractivity contribution in [2.75, 3.05) is 0 Å². The van der Waals surface area contributed by atoms with Gasteiger partial charge in [-0.25, -0.2) is 4.98 Å². The van der Waals surface area contributed by atoms with Gasteiger partial charge >= 0.3 is 0 Å². The average molecular weight is 254 g/mol. The molecule has 1 heterocycles. The lowest BCUT2D eigenvalue weighted by Crippen LogP contribution is -2.18. The molecule has 2 atom stereocenters. The normalized spacial score (nSPS) is 15.9. The average Bonchev–Trinajstić information content (AvgIpc) is 2.72. The van der Waals surface area contributed by atoms with Crippen LogP contribution in [0.1, 0.15) is 64.2 Å². The van der Waals surface area contributed by atoms with Crippen LogP contribution in [0.25, 0.3) is 0 Å². The van der Waals surface area contributed by atoms with Crippen molar-refractivity contribution >= 4 is 11.3 Å². The number of thiazole rings is 1. The van der Waals surface area contributed by atoms with Gasteiger partial charge in [0.2, 0.25) is 0 Å². The predicted molar refractivity (Wildman–Crippen MR) is 76.3 cm³/mol. The first kappa shape index (κ1) is 14.7. The molecule has 3 heteroatoms. The molecule has 0 radical (unpaired) electrons. The Kier molecular flexibility index (Phi) is 5.14. The summed E-state index contributed by atoms with van der Waals surface area (Å²) in [5.74, 6) is 0.507. The molecule has 2 N–H and O–H groups in total. The Morgan fingerprint density at radius 2 is 2.06 bits per heavy atom. The van der Waals surface area contributed by atoms with Gasteiger partial charge in [0, 0.05) is 5.38 Å². The highest BCUT2D eigenvalue weighted by atomic mass is 32.1. The molecule has 0 saturated heterocycles. The fourth-order valence-corrected chi connectivity index (χ4v) is 2.47. The molecular formula is C14H26N2S. The number of hydrogen-bond donors (Lipinski definition) is 1. The second kappa shape index (κ2) is 5.96. The van der Waals surface area contributed by atoms with Crippen molar-refractivity contribution in [2.45, 2.75) is 59.9 Å². The van der Waals surface area contributed by atoms with E-state index in [-0.39, 0.29) is 6.04 Å². The van der Waals surface area contributed by atoms with Gasteiger partial charge in [0.1, 0.15) is 0 Å². The van der Waals surface area contributed by atoms with Crippen molar-refractivity contribution in [3.8, 4) is 0 Å². The van der Waals surface area contributed by atoms with Crippen LogP contribution in [0.2, 0.25) is 0 Å². The molecule has 0 aromatic carbocycles. The van der Waals surface area contributed by atoms with E-state index < -0.39 is 0 Å². The topological polar surface area (TPSA) is 38.9 Å². The van der Waals surface area contributed by atoms with Crippen LogP contribution in [-0.2, 0) is 6.42 Å². The summed E-state index contributed by atoms with van der Waals surface area (Å²) in [6, 6.07) is 0.0969. The molecule has 1 aromatic heterocycles. The van der Waals surface area contributed by atoms with Crippen molar-refractivity contribution in [2.24, 2.45) is 17.1 Å². The predicted octanol–water partition coefficient (Wildman–Crippen LogP) is 4.17. The summed E-state index contributed by atoms with van der Waals surface area (Å²) in [6.45, 7) is 11.2. The maximum atomic E-state index is 6.19. The van der Waals surface area contributed by atoms with Crippen LogP contribution in [-0.4, -0.2) is 4.98 Å². The van der Waals surface area contributed by atoms with Crippen molar-refractivity contribution in [3.05, 3.63) is 16.1 Å². The van der Waals surface area contributed by atoms with Gasteiger partial charge in [-0.15, -0.1) is 11.3 Å². The Morgan fingerprint density at radius 3 is 2.59 bits per heavy atom. The highest BCUT2D eigenvalue weighted by Crippen LogP contribution is 2.26. The first-order valence-electron chi connectivity index (χ1n) is 6.53. The molecule has 1 rings (SSSR count). The van der Waals surface area contributed by atoms with E-state index in [0.29, 0.717) is 11.3 Å². The number of aromatic nitrogens is 1. The molecule has 0 aliphatic rings. The van der Waals surface area contributed by atoms with Crippen LogP contribution in [0.15, 0.2) is 5.38 Å². The first-order valence-corrected chi connectivity index (χ1v) is 7.41. The summed E-state index contributed by atoms with van der Waals surface area (Å²) < 4.78 is 0. The minimum Gasteiger partial charge on any atom is -0.322 e. The van der Waals surface area contributed by atoms with Crippen LogP contribution in [0.3, 0.4) is 0 Å². The number of hydrogen-bond acceptors (Lipinski definition) is 3. The number of aryl methyl sites for hydroxylation is 1. The van der Waals surface area contributed by atoms with Gasteiger partial charge in [0.15, 0.2) is 0 Å². The Morgan fingerprint density at radius 1 is 1.41 bits per heavy atom. The number of nitrogens with two attached hydrogens (primary N) is 1. The Balaban J connectivity index is 2.59. The molecule has 0 amide bonds. The zero-order valence-corrected chi connectivity index (χ0v) is 12.6. The largest absolute Gasteiger partial charge is 0.322 e. The molecule has 0 aliphatic carbocycles. The van der Waals surface area contributed by atoms with Gasteiger partial charge in [0.25, 0.3) is 0 Å². The van der Waals surface area contributed by atoms with Crippen molar-refractivity contribution in [1.82, 2.24) is 4.98 Å². The van der Waals surface area contributed by atoms with E-state index in [1.54, 1.807) is 11.3 Å². The van der Waals surface area contributed by atoms with E-state index in [9.17, 15) is 0 Å². The fourth-order valence-electron chi connectivity index (χ4n) is 1.62. The summed E-state index contributed by atoms with van der Waals surface area (Å²) in [6.07, 6.45) is 3.36. The van der Waals surface area contributed by atoms with Crippen LogP contribution >= 0.6 is 11.3 Å². The van der Waals surface area contributed by atoms with Gasteiger partial charge in [-0.3, -0.25) is 0 Å². The fraction of sp³-hybridized carbons (Fsp3) is 0.786. The summed E-state index contributed by atoms with van der Waals surface area (Å²) in [5, 5.41) is 3.36. The lowest BCUT2D eigenvalue weighted by atomic mass is 9.91. The smallest absolute Gasteiger partial charge is 0.0929 e. The van der Waals surface area contributed by atoms with Gasteiger partial charge in [-0.05, 0) is 24.2 Å². The Bertz CT molecular complexity index is 338. The maximum Gasteiger partial charge on any atom is 0.0929 e. The minimum absolute atomic E-state index is 0.0969. The van der Waals surface area contributed by atoms with Crippen molar-refractivity contribution < 1.29 is 0 Å². The summed E-state index contributed by atoms with van der Waals surface area (Å²) >= 11 is 1.76. The molecule has 2 unspecified atom stereocenters. The van der Waals surface area contributed by atoms with Crippen LogP contribution in [0, 0.1) is 11.3 Å². The van der Waals surface area contributed by atoms with Gasteiger partial charge < -0.3 is 5.73 Å². The molecule has 0 bridgehead atoms. The van der Waals surface area contributed by atoms with Crippen LogP contribution in [0.5, 0.6) is 0 Å². The summed E-state index contributed by atoms with van der Waals surface area (Å²) in [7, 11) is 0. The van der Waals surface area contributed by atoms with E-state index >= 15 is 0 Å². The van der Waals surface area contributed by atoms with Gasteiger partial charge in [0.05, 0.1) is 16.7 Å². The quantitative estimate of drug-likeness (QED) is 0.856. The highest BCUT2D eigenvalue weighted by molar-refractivity contribution is 7.09. The van der Waals surface area contributed by atoms with Crippen molar-refractivity contribution in [1.29, 1.82) is 0 Å². The molecular weight excluding hydrogens is 228 g/mol. The van der Waals surface area contributed by atoms with Crippen molar-refractivity contribution in [3.63, 3.8) is 0 Å². The number of nitrogens with zero attached hydrogens (tertiary/aromatic N) is 1. The van der Waals surface area contributed by atoms with E-state index in [1.807, 2.05) is 0 Å². The monoisotopic (exact) mass is 254 g/mol. The third-order valence-corrected chi connectivity index (χ3v) is 4.18. The second-order valence-electron chi connectivity index (χ2n) is 6.14. The third-order valence-electron chi connectivity index (χ3n) is 3.26. The molecule has 0 spiro atoms. The second-order valence-corrected chi connectivity index (χ2v) is 7.08. The molecule has 0 saturated carbocycles. The lowest BCUT2D eigenvalue weighted by Gasteiger charge is -2.17. The number of rotatable bonds is 5. The zero-order chi connectivity index (χ0) is 13.1. The first-order chi connectivity index (χ1) is 7.83. The molecule has 17 heavy (non-hydrogen) atoms. The van der Waals surface area contributed by atoms with E-state index in [4.69, 9.17) is 5.73 Å². The molecule has 1 aromatic rings. The SMILES string of the molecule is CCC(C)C(N)c1csc(CCC(C)(C)C)n1. The van der Waals surface area contributed by atoms with E-state index in [1.165, 1.54) is 11.4 Å². The summed E-state index contributed by atoms with van der Waals surface area (Å²) in [4.78, 5) is 4.68. The summed E-state index contributed by atoms with van der Waals surface area (Å²) in [5.41, 5.74) is 7.65. The molecule has 2 nitrogen and oxygen atoms in total. The Hall–Kier alpha value is -0.410. The highest BCUT2D eigenvalue weighted by Gasteiger charge is 2.17. The zero-order valence-electron chi connectivity index (χ0n) is 11.8. The molecule has 0 fully saturated rings.